The zero-order chi connectivity index (χ0) is 19.0. The van der Waals surface area contributed by atoms with Crippen LogP contribution in [0.5, 0.6) is 0 Å². The Hall–Kier alpha value is -1.46. The lowest BCUT2D eigenvalue weighted by Gasteiger charge is -2.34. The van der Waals surface area contributed by atoms with Crippen LogP contribution in [0.4, 0.5) is 9.59 Å². The minimum Gasteiger partial charge on any atom is -0.335 e. The summed E-state index contributed by atoms with van der Waals surface area (Å²) in [6.07, 6.45) is 10.9. The molecule has 2 heterocycles. The largest absolute Gasteiger partial charge is 0.335 e. The molecule has 6 heteroatoms. The van der Waals surface area contributed by atoms with E-state index >= 15 is 0 Å². The quantitative estimate of drug-likeness (QED) is 0.739. The highest BCUT2D eigenvalue weighted by molar-refractivity contribution is 5.77. The lowest BCUT2D eigenvalue weighted by Crippen LogP contribution is -2.41. The van der Waals surface area contributed by atoms with Gasteiger partial charge in [0.15, 0.2) is 0 Å². The molecule has 4 aliphatic rings. The van der Waals surface area contributed by atoms with Gasteiger partial charge in [0, 0.05) is 37.3 Å². The minimum atomic E-state index is 0.142. The first kappa shape index (κ1) is 18.9. The Bertz CT molecular complexity index is 504. The maximum absolute atomic E-state index is 12.0. The molecule has 152 valence electrons. The normalized spacial score (nSPS) is 38.3. The molecule has 6 nitrogen and oxygen atoms in total. The van der Waals surface area contributed by atoms with E-state index in [4.69, 9.17) is 0 Å². The van der Waals surface area contributed by atoms with E-state index in [2.05, 4.69) is 24.5 Å². The molecule has 0 spiro atoms. The van der Waals surface area contributed by atoms with Gasteiger partial charge in [0.2, 0.25) is 0 Å². The SMILES string of the molecule is CC1CN1C(=O)NC1CCC(CC2CCC(NC(=O)N3CC3C)CC2)CC1. The minimum absolute atomic E-state index is 0.142. The Morgan fingerprint density at radius 1 is 0.704 bits per heavy atom. The summed E-state index contributed by atoms with van der Waals surface area (Å²) < 4.78 is 0. The Morgan fingerprint density at radius 3 is 1.33 bits per heavy atom. The smallest absolute Gasteiger partial charge is 0.317 e. The lowest BCUT2D eigenvalue weighted by atomic mass is 9.75. The van der Waals surface area contributed by atoms with Gasteiger partial charge in [-0.05, 0) is 83.5 Å². The van der Waals surface area contributed by atoms with Gasteiger partial charge in [-0.3, -0.25) is 0 Å². The van der Waals surface area contributed by atoms with Crippen LogP contribution in [0.1, 0.15) is 71.6 Å². The van der Waals surface area contributed by atoms with Gasteiger partial charge in [0.1, 0.15) is 0 Å². The maximum Gasteiger partial charge on any atom is 0.317 e. The van der Waals surface area contributed by atoms with Gasteiger partial charge in [-0.15, -0.1) is 0 Å². The topological polar surface area (TPSA) is 64.2 Å². The summed E-state index contributed by atoms with van der Waals surface area (Å²) in [5.41, 5.74) is 0. The molecule has 4 amide bonds. The average molecular weight is 377 g/mol. The van der Waals surface area contributed by atoms with Crippen LogP contribution in [0.15, 0.2) is 0 Å². The number of rotatable bonds is 4. The summed E-state index contributed by atoms with van der Waals surface area (Å²) >= 11 is 0. The molecule has 2 saturated heterocycles. The molecule has 0 radical (unpaired) electrons. The van der Waals surface area contributed by atoms with Crippen molar-refractivity contribution >= 4 is 12.1 Å². The fourth-order valence-electron chi connectivity index (χ4n) is 5.11. The predicted octanol–water partition coefficient (Wildman–Crippen LogP) is 3.32. The third-order valence-electron chi connectivity index (χ3n) is 7.26. The van der Waals surface area contributed by atoms with Gasteiger partial charge in [0.05, 0.1) is 0 Å². The molecule has 2 aliphatic heterocycles. The van der Waals surface area contributed by atoms with Gasteiger partial charge < -0.3 is 20.4 Å². The molecule has 0 aromatic heterocycles. The van der Waals surface area contributed by atoms with Crippen molar-refractivity contribution in [3.8, 4) is 0 Å². The first-order valence-electron chi connectivity index (χ1n) is 11.1. The number of hydrogen-bond donors (Lipinski definition) is 2. The number of amides is 4. The number of hydrogen-bond acceptors (Lipinski definition) is 2. The predicted molar refractivity (Wildman–Crippen MR) is 106 cm³/mol. The van der Waals surface area contributed by atoms with Crippen molar-refractivity contribution in [2.45, 2.75) is 95.8 Å². The molecular formula is C21H36N4O2. The van der Waals surface area contributed by atoms with Crippen LogP contribution in [-0.2, 0) is 0 Å². The molecule has 2 N–H and O–H groups in total. The van der Waals surface area contributed by atoms with Gasteiger partial charge in [0.25, 0.3) is 0 Å². The maximum atomic E-state index is 12.0. The van der Waals surface area contributed by atoms with Crippen LogP contribution in [0.2, 0.25) is 0 Å². The molecule has 0 bridgehead atoms. The highest BCUT2D eigenvalue weighted by Gasteiger charge is 2.37. The highest BCUT2D eigenvalue weighted by atomic mass is 16.2. The van der Waals surface area contributed by atoms with Crippen LogP contribution in [0.25, 0.3) is 0 Å². The van der Waals surface area contributed by atoms with E-state index in [1.165, 1.54) is 32.1 Å². The molecule has 2 saturated carbocycles. The standard InChI is InChI=1S/C21H36N4O2/c1-14-12-24(14)20(26)22-18-7-3-16(4-8-18)11-17-5-9-19(10-6-17)23-21(27)25-13-15(25)2/h14-19H,3-13H2,1-2H3,(H,22,26)(H,23,27). The van der Waals surface area contributed by atoms with E-state index in [1.54, 1.807) is 0 Å². The number of nitrogens with one attached hydrogen (secondary N) is 2. The molecule has 0 aromatic rings. The van der Waals surface area contributed by atoms with Crippen LogP contribution in [-0.4, -0.2) is 59.1 Å². The van der Waals surface area contributed by atoms with Gasteiger partial charge in [-0.1, -0.05) is 0 Å². The summed E-state index contributed by atoms with van der Waals surface area (Å²) in [4.78, 5) is 27.9. The second-order valence-electron chi connectivity index (χ2n) is 9.57. The van der Waals surface area contributed by atoms with Crippen molar-refractivity contribution in [1.82, 2.24) is 20.4 Å². The molecular weight excluding hydrogens is 340 g/mol. The molecule has 27 heavy (non-hydrogen) atoms. The van der Waals surface area contributed by atoms with Crippen molar-refractivity contribution < 1.29 is 9.59 Å². The van der Waals surface area contributed by atoms with E-state index in [9.17, 15) is 9.59 Å². The zero-order valence-corrected chi connectivity index (χ0v) is 17.0. The van der Waals surface area contributed by atoms with Crippen LogP contribution in [0, 0.1) is 11.8 Å². The van der Waals surface area contributed by atoms with Crippen molar-refractivity contribution in [3.63, 3.8) is 0 Å². The Labute approximate surface area is 163 Å². The van der Waals surface area contributed by atoms with E-state index in [1.807, 2.05) is 9.80 Å². The second kappa shape index (κ2) is 7.88. The summed E-state index contributed by atoms with van der Waals surface area (Å²) in [5, 5.41) is 6.44. The van der Waals surface area contributed by atoms with Crippen molar-refractivity contribution in [2.75, 3.05) is 13.1 Å². The highest BCUT2D eigenvalue weighted by Crippen LogP contribution is 2.35. The molecule has 4 fully saturated rings. The number of nitrogens with zero attached hydrogens (tertiary/aromatic N) is 2. The lowest BCUT2D eigenvalue weighted by molar-refractivity contribution is 0.191. The van der Waals surface area contributed by atoms with Crippen molar-refractivity contribution in [2.24, 2.45) is 11.8 Å². The van der Waals surface area contributed by atoms with Crippen molar-refractivity contribution in [3.05, 3.63) is 0 Å². The average Bonchev–Trinajstić information content (AvgIpc) is 3.56. The van der Waals surface area contributed by atoms with Crippen molar-refractivity contribution in [1.29, 1.82) is 0 Å². The third-order valence-corrected chi connectivity index (χ3v) is 7.26. The molecule has 2 unspecified atom stereocenters. The fourth-order valence-corrected chi connectivity index (χ4v) is 5.11. The summed E-state index contributed by atoms with van der Waals surface area (Å²) in [6, 6.07) is 1.92. The van der Waals surface area contributed by atoms with Gasteiger partial charge in [-0.2, -0.15) is 0 Å². The Balaban J connectivity index is 1.10. The van der Waals surface area contributed by atoms with E-state index in [-0.39, 0.29) is 12.1 Å². The van der Waals surface area contributed by atoms with E-state index in [0.717, 1.165) is 50.6 Å². The van der Waals surface area contributed by atoms with E-state index < -0.39 is 0 Å². The molecule has 2 atom stereocenters. The first-order chi connectivity index (χ1) is 13.0. The molecule has 0 aromatic carbocycles. The van der Waals surface area contributed by atoms with Gasteiger partial charge in [-0.25, -0.2) is 9.59 Å². The summed E-state index contributed by atoms with van der Waals surface area (Å²) in [7, 11) is 0. The van der Waals surface area contributed by atoms with Crippen LogP contribution in [0.3, 0.4) is 0 Å². The number of urea groups is 2. The molecule has 4 rings (SSSR count). The number of carbonyl (C=O) groups is 2. The van der Waals surface area contributed by atoms with Crippen LogP contribution >= 0.6 is 0 Å². The Morgan fingerprint density at radius 2 is 1.04 bits per heavy atom. The van der Waals surface area contributed by atoms with E-state index in [0.29, 0.717) is 24.2 Å². The summed E-state index contributed by atoms with van der Waals surface area (Å²) in [5.74, 6) is 1.65. The van der Waals surface area contributed by atoms with Crippen LogP contribution < -0.4 is 10.6 Å². The number of carbonyl (C=O) groups excluding carboxylic acids is 2. The monoisotopic (exact) mass is 376 g/mol. The molecule has 2 aliphatic carbocycles. The third kappa shape index (κ3) is 4.88. The summed E-state index contributed by atoms with van der Waals surface area (Å²) in [6.45, 7) is 6.03. The van der Waals surface area contributed by atoms with Gasteiger partial charge >= 0.3 is 12.1 Å². The first-order valence-corrected chi connectivity index (χ1v) is 11.1. The fraction of sp³-hybridized carbons (Fsp3) is 0.905. The second-order valence-corrected chi connectivity index (χ2v) is 9.57. The zero-order valence-electron chi connectivity index (χ0n) is 17.0. The Kier molecular flexibility index (Phi) is 5.51.